The van der Waals surface area contributed by atoms with Crippen LogP contribution in [0.5, 0.6) is 0 Å². The van der Waals surface area contributed by atoms with Crippen molar-refractivity contribution in [3.8, 4) is 0 Å². The lowest BCUT2D eigenvalue weighted by Crippen LogP contribution is -2.24. The molecule has 3 heterocycles. The Bertz CT molecular complexity index is 1260. The van der Waals surface area contributed by atoms with Crippen LogP contribution in [-0.2, 0) is 21.8 Å². The topological polar surface area (TPSA) is 101 Å². The van der Waals surface area contributed by atoms with Crippen LogP contribution in [0.1, 0.15) is 22.7 Å². The highest BCUT2D eigenvalue weighted by Gasteiger charge is 2.18. The molecule has 0 fully saturated rings. The van der Waals surface area contributed by atoms with Crippen LogP contribution in [0.2, 0.25) is 0 Å². The van der Waals surface area contributed by atoms with Gasteiger partial charge >= 0.3 is 5.97 Å². The van der Waals surface area contributed by atoms with Gasteiger partial charge in [0, 0.05) is 20.3 Å². The van der Waals surface area contributed by atoms with E-state index in [-0.39, 0.29) is 11.3 Å². The first kappa shape index (κ1) is 20.2. The first-order valence-corrected chi connectivity index (χ1v) is 10.3. The predicted molar refractivity (Wildman–Crippen MR) is 111 cm³/mol. The van der Waals surface area contributed by atoms with E-state index in [0.717, 1.165) is 5.52 Å². The van der Waals surface area contributed by atoms with Crippen molar-refractivity contribution in [2.45, 2.75) is 23.9 Å². The highest BCUT2D eigenvalue weighted by atomic mass is 32.2. The summed E-state index contributed by atoms with van der Waals surface area (Å²) in [6.07, 6.45) is 0.683. The summed E-state index contributed by atoms with van der Waals surface area (Å²) in [5.41, 5.74) is 0.634. The SMILES string of the molecule is COCCCn1c(=O)c2ccccc2n2c(SCc3ccc(C(=O)OC)o3)nnc12. The van der Waals surface area contributed by atoms with Gasteiger partial charge in [-0.15, -0.1) is 10.2 Å². The molecule has 0 amide bonds. The first-order chi connectivity index (χ1) is 14.6. The number of carbonyl (C=O) groups excluding carboxylic acids is 1. The lowest BCUT2D eigenvalue weighted by Gasteiger charge is -2.11. The number of nitrogens with zero attached hydrogens (tertiary/aromatic N) is 4. The Hall–Kier alpha value is -3.11. The average molecular weight is 428 g/mol. The molecule has 30 heavy (non-hydrogen) atoms. The third-order valence-electron chi connectivity index (χ3n) is 4.60. The van der Waals surface area contributed by atoms with Gasteiger partial charge in [0.25, 0.3) is 5.56 Å². The minimum atomic E-state index is -0.523. The van der Waals surface area contributed by atoms with Gasteiger partial charge in [-0.25, -0.2) is 4.79 Å². The van der Waals surface area contributed by atoms with Crippen LogP contribution in [-0.4, -0.2) is 46.0 Å². The highest BCUT2D eigenvalue weighted by Crippen LogP contribution is 2.25. The van der Waals surface area contributed by atoms with Gasteiger partial charge in [-0.2, -0.15) is 0 Å². The highest BCUT2D eigenvalue weighted by molar-refractivity contribution is 7.98. The molecule has 0 radical (unpaired) electrons. The number of aryl methyl sites for hydroxylation is 1. The molecule has 1 aromatic carbocycles. The summed E-state index contributed by atoms with van der Waals surface area (Å²) in [6.45, 7) is 1.02. The quantitative estimate of drug-likeness (QED) is 0.240. The third kappa shape index (κ3) is 3.71. The third-order valence-corrected chi connectivity index (χ3v) is 5.55. The molecule has 0 saturated carbocycles. The monoisotopic (exact) mass is 428 g/mol. The molecule has 3 aromatic heterocycles. The van der Waals surface area contributed by atoms with Crippen LogP contribution < -0.4 is 5.56 Å². The summed E-state index contributed by atoms with van der Waals surface area (Å²) < 4.78 is 18.8. The molecule has 0 atom stereocenters. The van der Waals surface area contributed by atoms with Gasteiger partial charge in [-0.3, -0.25) is 13.8 Å². The Kier molecular flexibility index (Phi) is 5.86. The van der Waals surface area contributed by atoms with Crippen molar-refractivity contribution in [2.75, 3.05) is 20.8 Å². The molecule has 0 spiro atoms. The smallest absolute Gasteiger partial charge is 0.373 e. The molecular formula is C20H20N4O5S. The van der Waals surface area contributed by atoms with Crippen molar-refractivity contribution in [3.63, 3.8) is 0 Å². The van der Waals surface area contributed by atoms with Crippen LogP contribution in [0.15, 0.2) is 50.8 Å². The number of methoxy groups -OCH3 is 2. The van der Waals surface area contributed by atoms with Crippen molar-refractivity contribution >= 4 is 34.4 Å². The van der Waals surface area contributed by atoms with E-state index in [1.54, 1.807) is 29.9 Å². The Morgan fingerprint density at radius 1 is 1.17 bits per heavy atom. The maximum atomic E-state index is 13.0. The van der Waals surface area contributed by atoms with Crippen LogP contribution in [0, 0.1) is 0 Å². The Morgan fingerprint density at radius 3 is 2.80 bits per heavy atom. The van der Waals surface area contributed by atoms with E-state index in [1.165, 1.54) is 18.9 Å². The van der Waals surface area contributed by atoms with Crippen LogP contribution in [0.3, 0.4) is 0 Å². The fourth-order valence-electron chi connectivity index (χ4n) is 3.20. The van der Waals surface area contributed by atoms with E-state index in [2.05, 4.69) is 14.9 Å². The number of rotatable bonds is 8. The Labute approximate surface area is 175 Å². The summed E-state index contributed by atoms with van der Waals surface area (Å²) in [6, 6.07) is 10.7. The number of carbonyl (C=O) groups is 1. The normalized spacial score (nSPS) is 11.4. The fraction of sp³-hybridized carbons (Fsp3) is 0.300. The number of fused-ring (bicyclic) bond motifs is 3. The van der Waals surface area contributed by atoms with Gasteiger partial charge < -0.3 is 13.9 Å². The van der Waals surface area contributed by atoms with E-state index in [1.807, 2.05) is 22.6 Å². The molecule has 0 aliphatic carbocycles. The van der Waals surface area contributed by atoms with Gasteiger partial charge in [0.2, 0.25) is 11.5 Å². The lowest BCUT2D eigenvalue weighted by molar-refractivity contribution is 0.0563. The van der Waals surface area contributed by atoms with Crippen molar-refractivity contribution < 1.29 is 18.7 Å². The zero-order valence-corrected chi connectivity index (χ0v) is 17.3. The predicted octanol–water partition coefficient (Wildman–Crippen LogP) is 2.75. The van der Waals surface area contributed by atoms with E-state index in [0.29, 0.717) is 47.4 Å². The van der Waals surface area contributed by atoms with Crippen molar-refractivity contribution in [1.82, 2.24) is 19.2 Å². The standard InChI is InChI=1S/C20H20N4O5S/c1-27-11-5-10-23-17(25)14-6-3-4-7-15(14)24-19(23)21-22-20(24)30-12-13-8-9-16(29-13)18(26)28-2/h3-4,6-9H,5,10-12H2,1-2H3. The number of aromatic nitrogens is 4. The molecule has 4 rings (SSSR count). The second-order valence-corrected chi connectivity index (χ2v) is 7.43. The minimum absolute atomic E-state index is 0.105. The number of hydrogen-bond donors (Lipinski definition) is 0. The second-order valence-electron chi connectivity index (χ2n) is 6.48. The number of ether oxygens (including phenoxy) is 2. The van der Waals surface area contributed by atoms with E-state index < -0.39 is 5.97 Å². The number of thioether (sulfide) groups is 1. The molecule has 4 aromatic rings. The van der Waals surface area contributed by atoms with E-state index in [4.69, 9.17) is 9.15 Å². The molecule has 9 nitrogen and oxygen atoms in total. The van der Waals surface area contributed by atoms with Crippen molar-refractivity contribution in [2.24, 2.45) is 0 Å². The van der Waals surface area contributed by atoms with Gasteiger partial charge in [0.15, 0.2) is 5.16 Å². The van der Waals surface area contributed by atoms with Gasteiger partial charge in [0.05, 0.1) is 23.8 Å². The largest absolute Gasteiger partial charge is 0.463 e. The molecule has 0 aliphatic heterocycles. The Balaban J connectivity index is 1.71. The molecule has 0 aliphatic rings. The summed E-state index contributed by atoms with van der Waals surface area (Å²) in [5, 5.41) is 9.79. The summed E-state index contributed by atoms with van der Waals surface area (Å²) in [7, 11) is 2.93. The van der Waals surface area contributed by atoms with Crippen molar-refractivity contribution in [3.05, 3.63) is 58.3 Å². The maximum absolute atomic E-state index is 13.0. The average Bonchev–Trinajstić information content (AvgIpc) is 3.41. The second kappa shape index (κ2) is 8.72. The van der Waals surface area contributed by atoms with E-state index in [9.17, 15) is 9.59 Å². The molecular weight excluding hydrogens is 408 g/mol. The van der Waals surface area contributed by atoms with Crippen LogP contribution in [0.25, 0.3) is 16.7 Å². The summed E-state index contributed by atoms with van der Waals surface area (Å²) in [5.74, 6) is 1.15. The first-order valence-electron chi connectivity index (χ1n) is 9.29. The number of benzene rings is 1. The van der Waals surface area contributed by atoms with Crippen LogP contribution in [0.4, 0.5) is 0 Å². The molecule has 0 unspecified atom stereocenters. The van der Waals surface area contributed by atoms with Gasteiger partial charge in [0.1, 0.15) is 5.76 Å². The van der Waals surface area contributed by atoms with E-state index >= 15 is 0 Å². The summed E-state index contributed by atoms with van der Waals surface area (Å²) >= 11 is 1.40. The zero-order chi connectivity index (χ0) is 21.1. The lowest BCUT2D eigenvalue weighted by atomic mass is 10.2. The maximum Gasteiger partial charge on any atom is 0.373 e. The van der Waals surface area contributed by atoms with Gasteiger partial charge in [-0.1, -0.05) is 23.9 Å². The number of furan rings is 1. The number of esters is 1. The molecule has 0 saturated heterocycles. The van der Waals surface area contributed by atoms with Crippen molar-refractivity contribution in [1.29, 1.82) is 0 Å². The molecule has 0 N–H and O–H groups in total. The Morgan fingerprint density at radius 2 is 2.00 bits per heavy atom. The molecule has 10 heteroatoms. The number of para-hydroxylation sites is 1. The molecule has 0 bridgehead atoms. The fourth-order valence-corrected chi connectivity index (χ4v) is 4.03. The zero-order valence-electron chi connectivity index (χ0n) is 16.5. The summed E-state index contributed by atoms with van der Waals surface area (Å²) in [4.78, 5) is 24.6. The molecule has 156 valence electrons. The van der Waals surface area contributed by atoms with Crippen LogP contribution >= 0.6 is 11.8 Å². The number of hydrogen-bond acceptors (Lipinski definition) is 8. The van der Waals surface area contributed by atoms with Gasteiger partial charge in [-0.05, 0) is 30.7 Å². The minimum Gasteiger partial charge on any atom is -0.463 e.